The Hall–Kier alpha value is -1.84. The van der Waals surface area contributed by atoms with E-state index >= 15 is 0 Å². The standard InChI is InChI=1S/C12H14O4/c1-16-12(15)10(8-11(13)14)7-9-5-3-2-4-6-9/h2-6,10H,7-8H2,1H3,(H,13,14)/p-1. The molecule has 16 heavy (non-hydrogen) atoms. The molecule has 1 unspecified atom stereocenters. The third-order valence-corrected chi connectivity index (χ3v) is 2.27. The van der Waals surface area contributed by atoms with Crippen molar-refractivity contribution in [3.63, 3.8) is 0 Å². The van der Waals surface area contributed by atoms with E-state index in [1.165, 1.54) is 7.11 Å². The van der Waals surface area contributed by atoms with E-state index < -0.39 is 17.9 Å². The highest BCUT2D eigenvalue weighted by Gasteiger charge is 2.19. The minimum Gasteiger partial charge on any atom is -0.550 e. The van der Waals surface area contributed by atoms with E-state index in [1.54, 1.807) is 0 Å². The van der Waals surface area contributed by atoms with Gasteiger partial charge < -0.3 is 14.6 Å². The van der Waals surface area contributed by atoms with Crippen molar-refractivity contribution in [1.82, 2.24) is 0 Å². The van der Waals surface area contributed by atoms with Crippen LogP contribution in [-0.4, -0.2) is 19.0 Å². The minimum atomic E-state index is -1.24. The predicted octanol–water partition coefficient (Wildman–Crippen LogP) is 0.158. The molecular formula is C12H13O4-. The summed E-state index contributed by atoms with van der Waals surface area (Å²) < 4.78 is 4.56. The van der Waals surface area contributed by atoms with Gasteiger partial charge in [-0.05, 0) is 12.0 Å². The molecule has 0 aliphatic carbocycles. The number of methoxy groups -OCH3 is 1. The van der Waals surface area contributed by atoms with Crippen LogP contribution in [0.15, 0.2) is 30.3 Å². The fourth-order valence-electron chi connectivity index (χ4n) is 1.51. The second-order valence-corrected chi connectivity index (χ2v) is 3.49. The molecule has 0 bridgehead atoms. The molecule has 1 aromatic rings. The summed E-state index contributed by atoms with van der Waals surface area (Å²) in [6.07, 6.45) is 0.0308. The average molecular weight is 221 g/mol. The zero-order valence-electron chi connectivity index (χ0n) is 9.01. The average Bonchev–Trinajstić information content (AvgIpc) is 2.28. The lowest BCUT2D eigenvalue weighted by Gasteiger charge is -2.14. The van der Waals surface area contributed by atoms with E-state index in [1.807, 2.05) is 30.3 Å². The lowest BCUT2D eigenvalue weighted by molar-refractivity contribution is -0.306. The van der Waals surface area contributed by atoms with Crippen molar-refractivity contribution in [2.24, 2.45) is 5.92 Å². The van der Waals surface area contributed by atoms with Gasteiger partial charge in [0.15, 0.2) is 0 Å². The second-order valence-electron chi connectivity index (χ2n) is 3.49. The smallest absolute Gasteiger partial charge is 0.309 e. The lowest BCUT2D eigenvalue weighted by Crippen LogP contribution is -2.30. The van der Waals surface area contributed by atoms with Crippen molar-refractivity contribution in [1.29, 1.82) is 0 Å². The maximum Gasteiger partial charge on any atom is 0.309 e. The Labute approximate surface area is 93.9 Å². The zero-order valence-corrected chi connectivity index (χ0v) is 9.01. The molecule has 0 amide bonds. The fraction of sp³-hybridized carbons (Fsp3) is 0.333. The molecule has 0 saturated carbocycles. The minimum absolute atomic E-state index is 0.318. The molecule has 1 atom stereocenters. The number of carbonyl (C=O) groups is 2. The molecule has 0 spiro atoms. The summed E-state index contributed by atoms with van der Waals surface area (Å²) in [7, 11) is 1.25. The molecule has 0 heterocycles. The zero-order chi connectivity index (χ0) is 12.0. The highest BCUT2D eigenvalue weighted by Crippen LogP contribution is 2.13. The first-order chi connectivity index (χ1) is 7.63. The number of hydrogen-bond acceptors (Lipinski definition) is 4. The van der Waals surface area contributed by atoms with Gasteiger partial charge in [0.05, 0.1) is 13.0 Å². The van der Waals surface area contributed by atoms with E-state index in [2.05, 4.69) is 4.74 Å². The van der Waals surface area contributed by atoms with Crippen molar-refractivity contribution in [3.8, 4) is 0 Å². The summed E-state index contributed by atoms with van der Waals surface area (Å²) in [5, 5.41) is 10.5. The van der Waals surface area contributed by atoms with Gasteiger partial charge >= 0.3 is 5.97 Å². The molecule has 4 heteroatoms. The number of carbonyl (C=O) groups excluding carboxylic acids is 2. The third-order valence-electron chi connectivity index (χ3n) is 2.27. The Bertz CT molecular complexity index is 359. The summed E-state index contributed by atoms with van der Waals surface area (Å²) in [6.45, 7) is 0. The number of carboxylic acids is 1. The number of aliphatic carboxylic acids is 1. The van der Waals surface area contributed by atoms with Gasteiger partial charge in [-0.25, -0.2) is 0 Å². The van der Waals surface area contributed by atoms with Crippen LogP contribution in [0.1, 0.15) is 12.0 Å². The van der Waals surface area contributed by atoms with E-state index in [0.717, 1.165) is 5.56 Å². The maximum absolute atomic E-state index is 11.3. The number of esters is 1. The number of ether oxygens (including phenoxy) is 1. The van der Waals surface area contributed by atoms with Crippen molar-refractivity contribution >= 4 is 11.9 Å². The molecule has 0 radical (unpaired) electrons. The number of rotatable bonds is 5. The van der Waals surface area contributed by atoms with Gasteiger partial charge in [0, 0.05) is 12.4 Å². The van der Waals surface area contributed by atoms with Crippen LogP contribution in [-0.2, 0) is 20.7 Å². The molecular weight excluding hydrogens is 208 g/mol. The third kappa shape index (κ3) is 3.73. The molecule has 0 saturated heterocycles. The molecule has 0 aromatic heterocycles. The van der Waals surface area contributed by atoms with Crippen LogP contribution in [0.5, 0.6) is 0 Å². The molecule has 86 valence electrons. The molecule has 0 N–H and O–H groups in total. The van der Waals surface area contributed by atoms with Crippen molar-refractivity contribution in [2.45, 2.75) is 12.8 Å². The molecule has 1 rings (SSSR count). The summed E-state index contributed by atoms with van der Waals surface area (Å²) in [5.74, 6) is -2.45. The largest absolute Gasteiger partial charge is 0.550 e. The van der Waals surface area contributed by atoms with Crippen LogP contribution in [0.2, 0.25) is 0 Å². The highest BCUT2D eigenvalue weighted by molar-refractivity contribution is 5.78. The van der Waals surface area contributed by atoms with E-state index in [0.29, 0.717) is 6.42 Å². The normalized spacial score (nSPS) is 11.8. The van der Waals surface area contributed by atoms with Crippen LogP contribution >= 0.6 is 0 Å². The fourth-order valence-corrected chi connectivity index (χ4v) is 1.51. The van der Waals surface area contributed by atoms with E-state index in [9.17, 15) is 14.7 Å². The predicted molar refractivity (Wildman–Crippen MR) is 55.3 cm³/mol. The van der Waals surface area contributed by atoms with Gasteiger partial charge in [-0.2, -0.15) is 0 Å². The molecule has 1 aromatic carbocycles. The van der Waals surface area contributed by atoms with Crippen molar-refractivity contribution < 1.29 is 19.4 Å². The number of hydrogen-bond donors (Lipinski definition) is 0. The van der Waals surface area contributed by atoms with E-state index in [-0.39, 0.29) is 6.42 Å². The molecule has 0 aliphatic rings. The molecule has 0 fully saturated rings. The number of carboxylic acid groups (broad SMARTS) is 1. The second kappa shape index (κ2) is 5.90. The number of benzene rings is 1. The first-order valence-corrected chi connectivity index (χ1v) is 4.95. The van der Waals surface area contributed by atoms with Crippen LogP contribution < -0.4 is 5.11 Å². The van der Waals surface area contributed by atoms with E-state index in [4.69, 9.17) is 0 Å². The summed E-state index contributed by atoms with van der Waals surface area (Å²) in [4.78, 5) is 21.8. The molecule has 4 nitrogen and oxygen atoms in total. The SMILES string of the molecule is COC(=O)C(CC(=O)[O-])Cc1ccccc1. The van der Waals surface area contributed by atoms with Gasteiger partial charge in [-0.3, -0.25) is 4.79 Å². The lowest BCUT2D eigenvalue weighted by atomic mass is 9.96. The monoisotopic (exact) mass is 221 g/mol. The first kappa shape index (κ1) is 12.2. The summed E-state index contributed by atoms with van der Waals surface area (Å²) in [6, 6.07) is 9.21. The van der Waals surface area contributed by atoms with Crippen molar-refractivity contribution in [3.05, 3.63) is 35.9 Å². The van der Waals surface area contributed by atoms with Gasteiger partial charge in [-0.1, -0.05) is 30.3 Å². The van der Waals surface area contributed by atoms with Crippen LogP contribution in [0.4, 0.5) is 0 Å². The summed E-state index contributed by atoms with van der Waals surface area (Å²) >= 11 is 0. The Kier molecular flexibility index (Phi) is 4.51. The van der Waals surface area contributed by atoms with Crippen LogP contribution in [0, 0.1) is 5.92 Å². The van der Waals surface area contributed by atoms with Gasteiger partial charge in [-0.15, -0.1) is 0 Å². The summed E-state index contributed by atoms with van der Waals surface area (Å²) in [5.41, 5.74) is 0.902. The van der Waals surface area contributed by atoms with Gasteiger partial charge in [0.25, 0.3) is 0 Å². The van der Waals surface area contributed by atoms with Crippen molar-refractivity contribution in [2.75, 3.05) is 7.11 Å². The van der Waals surface area contributed by atoms with Crippen LogP contribution in [0.25, 0.3) is 0 Å². The van der Waals surface area contributed by atoms with Gasteiger partial charge in [0.2, 0.25) is 0 Å². The molecule has 0 aliphatic heterocycles. The Morgan fingerprint density at radius 2 is 1.94 bits per heavy atom. The Balaban J connectivity index is 2.70. The first-order valence-electron chi connectivity index (χ1n) is 4.95. The van der Waals surface area contributed by atoms with Crippen LogP contribution in [0.3, 0.4) is 0 Å². The van der Waals surface area contributed by atoms with Gasteiger partial charge in [0.1, 0.15) is 0 Å². The quantitative estimate of drug-likeness (QED) is 0.664. The topological polar surface area (TPSA) is 66.4 Å². The maximum atomic E-state index is 11.3. The Morgan fingerprint density at radius 3 is 2.44 bits per heavy atom. The highest BCUT2D eigenvalue weighted by atomic mass is 16.5. The Morgan fingerprint density at radius 1 is 1.31 bits per heavy atom.